The Balaban J connectivity index is 0.00000176. The van der Waals surface area contributed by atoms with Gasteiger partial charge in [0.1, 0.15) is 5.02 Å². The van der Waals surface area contributed by atoms with Crippen LogP contribution >= 0.6 is 24.0 Å². The first-order valence-corrected chi connectivity index (χ1v) is 7.80. The summed E-state index contributed by atoms with van der Waals surface area (Å²) in [5, 5.41) is 14.8. The molecule has 122 valence electrons. The van der Waals surface area contributed by atoms with Crippen molar-refractivity contribution in [3.8, 4) is 0 Å². The molecule has 3 rings (SSSR count). The molecule has 0 spiro atoms. The molecule has 2 aliphatic heterocycles. The van der Waals surface area contributed by atoms with Gasteiger partial charge in [-0.05, 0) is 44.4 Å². The van der Waals surface area contributed by atoms with Crippen LogP contribution in [0.4, 0.5) is 5.69 Å². The molecule has 2 atom stereocenters. The van der Waals surface area contributed by atoms with Gasteiger partial charge in [0.05, 0.1) is 4.92 Å². The van der Waals surface area contributed by atoms with Crippen LogP contribution in [0.25, 0.3) is 0 Å². The smallest absolute Gasteiger partial charge is 0.288 e. The first kappa shape index (κ1) is 17.5. The van der Waals surface area contributed by atoms with E-state index in [2.05, 4.69) is 17.3 Å². The molecule has 2 aliphatic rings. The van der Waals surface area contributed by atoms with E-state index >= 15 is 0 Å². The van der Waals surface area contributed by atoms with Crippen LogP contribution in [0.15, 0.2) is 18.2 Å². The van der Waals surface area contributed by atoms with E-state index in [9.17, 15) is 10.1 Å². The maximum absolute atomic E-state index is 11.0. The molecule has 2 bridgehead atoms. The quantitative estimate of drug-likeness (QED) is 0.671. The molecule has 1 N–H and O–H groups in total. The fraction of sp³-hybridized carbons (Fsp3) is 0.600. The average Bonchev–Trinajstić information content (AvgIpc) is 2.79. The monoisotopic (exact) mass is 345 g/mol. The normalized spacial score (nSPS) is 26.8. The van der Waals surface area contributed by atoms with Crippen molar-refractivity contribution in [1.82, 2.24) is 10.2 Å². The van der Waals surface area contributed by atoms with Crippen LogP contribution in [-0.2, 0) is 6.54 Å². The standard InChI is InChI=1S/C15H20ClN3O2.ClH/c1-18(13-7-11-3-4-12(8-13)17-11)9-10-2-5-14(16)15(6-10)19(20)21;/h2,5-6,11-13,17H,3-4,7-9H2,1H3;1H. The van der Waals surface area contributed by atoms with Gasteiger partial charge in [-0.25, -0.2) is 0 Å². The molecular weight excluding hydrogens is 325 g/mol. The number of fused-ring (bicyclic) bond motifs is 2. The summed E-state index contributed by atoms with van der Waals surface area (Å²) in [6, 6.07) is 6.94. The summed E-state index contributed by atoms with van der Waals surface area (Å²) < 4.78 is 0. The Labute approximate surface area is 141 Å². The van der Waals surface area contributed by atoms with E-state index in [1.54, 1.807) is 12.1 Å². The van der Waals surface area contributed by atoms with Crippen LogP contribution < -0.4 is 5.32 Å². The minimum absolute atomic E-state index is 0. The van der Waals surface area contributed by atoms with Crippen LogP contribution in [0.5, 0.6) is 0 Å². The zero-order valence-electron chi connectivity index (χ0n) is 12.5. The predicted molar refractivity (Wildman–Crippen MR) is 89.8 cm³/mol. The Morgan fingerprint density at radius 3 is 2.59 bits per heavy atom. The summed E-state index contributed by atoms with van der Waals surface area (Å²) in [5.41, 5.74) is 0.937. The van der Waals surface area contributed by atoms with Gasteiger partial charge in [-0.1, -0.05) is 17.7 Å². The SMILES string of the molecule is CN(Cc1ccc(Cl)c([N+](=O)[O-])c1)C1CC2CCC(C1)N2.Cl. The molecule has 5 nitrogen and oxygen atoms in total. The van der Waals surface area contributed by atoms with E-state index in [0.29, 0.717) is 18.1 Å². The van der Waals surface area contributed by atoms with Gasteiger partial charge in [0.15, 0.2) is 0 Å². The molecule has 22 heavy (non-hydrogen) atoms. The fourth-order valence-electron chi connectivity index (χ4n) is 3.60. The van der Waals surface area contributed by atoms with Crippen LogP contribution in [0, 0.1) is 10.1 Å². The predicted octanol–water partition coefficient (Wildman–Crippen LogP) is 3.38. The lowest BCUT2D eigenvalue weighted by Crippen LogP contribution is -2.46. The number of piperidine rings is 1. The molecule has 1 aromatic rings. The lowest BCUT2D eigenvalue weighted by atomic mass is 9.98. The molecule has 1 aromatic carbocycles. The lowest BCUT2D eigenvalue weighted by Gasteiger charge is -2.35. The summed E-state index contributed by atoms with van der Waals surface area (Å²) in [6.07, 6.45) is 4.90. The molecular formula is C15H21Cl2N3O2. The van der Waals surface area contributed by atoms with Crippen LogP contribution in [-0.4, -0.2) is 35.0 Å². The van der Waals surface area contributed by atoms with Gasteiger partial charge >= 0.3 is 0 Å². The molecule has 0 radical (unpaired) electrons. The number of halogens is 2. The summed E-state index contributed by atoms with van der Waals surface area (Å²) >= 11 is 5.86. The van der Waals surface area contributed by atoms with E-state index in [1.165, 1.54) is 25.7 Å². The molecule has 2 saturated heterocycles. The van der Waals surface area contributed by atoms with Crippen molar-refractivity contribution in [2.75, 3.05) is 7.05 Å². The number of hydrogen-bond donors (Lipinski definition) is 1. The number of nitrogens with zero attached hydrogens (tertiary/aromatic N) is 2. The highest BCUT2D eigenvalue weighted by molar-refractivity contribution is 6.32. The van der Waals surface area contributed by atoms with Gasteiger partial charge in [0, 0.05) is 30.7 Å². The van der Waals surface area contributed by atoms with Crippen LogP contribution in [0.2, 0.25) is 5.02 Å². The topological polar surface area (TPSA) is 58.4 Å². The summed E-state index contributed by atoms with van der Waals surface area (Å²) in [5.74, 6) is 0. The van der Waals surface area contributed by atoms with E-state index in [4.69, 9.17) is 11.6 Å². The Kier molecular flexibility index (Phi) is 5.66. The second-order valence-electron chi connectivity index (χ2n) is 6.22. The third-order valence-corrected chi connectivity index (χ3v) is 5.03. The van der Waals surface area contributed by atoms with Crippen molar-refractivity contribution < 1.29 is 4.92 Å². The average molecular weight is 346 g/mol. The minimum Gasteiger partial charge on any atom is -0.311 e. The maximum atomic E-state index is 11.0. The van der Waals surface area contributed by atoms with E-state index in [1.807, 2.05) is 6.07 Å². The maximum Gasteiger partial charge on any atom is 0.288 e. The van der Waals surface area contributed by atoms with Gasteiger partial charge in [-0.3, -0.25) is 15.0 Å². The van der Waals surface area contributed by atoms with Gasteiger partial charge < -0.3 is 5.32 Å². The molecule has 2 unspecified atom stereocenters. The lowest BCUT2D eigenvalue weighted by molar-refractivity contribution is -0.384. The Hall–Kier alpha value is -0.880. The van der Waals surface area contributed by atoms with Crippen molar-refractivity contribution in [3.05, 3.63) is 38.9 Å². The summed E-state index contributed by atoms with van der Waals surface area (Å²) in [6.45, 7) is 0.724. The summed E-state index contributed by atoms with van der Waals surface area (Å²) in [4.78, 5) is 12.9. The minimum atomic E-state index is -0.420. The number of nitro groups is 1. The van der Waals surface area contributed by atoms with Crippen molar-refractivity contribution >= 4 is 29.7 Å². The Morgan fingerprint density at radius 1 is 1.36 bits per heavy atom. The second kappa shape index (κ2) is 7.13. The molecule has 7 heteroatoms. The number of benzene rings is 1. The highest BCUT2D eigenvalue weighted by Gasteiger charge is 2.35. The van der Waals surface area contributed by atoms with E-state index in [0.717, 1.165) is 12.1 Å². The van der Waals surface area contributed by atoms with Crippen molar-refractivity contribution in [2.45, 2.75) is 50.4 Å². The van der Waals surface area contributed by atoms with Crippen LogP contribution in [0.1, 0.15) is 31.2 Å². The number of nitro benzene ring substituents is 1. The van der Waals surface area contributed by atoms with Gasteiger partial charge in [-0.15, -0.1) is 12.4 Å². The summed E-state index contributed by atoms with van der Waals surface area (Å²) in [7, 11) is 2.11. The number of rotatable bonds is 4. The molecule has 2 fully saturated rings. The van der Waals surface area contributed by atoms with Crippen molar-refractivity contribution in [2.24, 2.45) is 0 Å². The van der Waals surface area contributed by atoms with Crippen molar-refractivity contribution in [3.63, 3.8) is 0 Å². The Bertz CT molecular complexity index is 544. The molecule has 2 heterocycles. The second-order valence-corrected chi connectivity index (χ2v) is 6.63. The van der Waals surface area contributed by atoms with Gasteiger partial charge in [-0.2, -0.15) is 0 Å². The first-order valence-electron chi connectivity index (χ1n) is 7.42. The molecule has 0 saturated carbocycles. The third-order valence-electron chi connectivity index (χ3n) is 4.71. The number of hydrogen-bond acceptors (Lipinski definition) is 4. The zero-order chi connectivity index (χ0) is 15.0. The van der Waals surface area contributed by atoms with E-state index < -0.39 is 4.92 Å². The number of nitrogens with one attached hydrogen (secondary N) is 1. The third kappa shape index (κ3) is 3.71. The van der Waals surface area contributed by atoms with Crippen molar-refractivity contribution in [1.29, 1.82) is 0 Å². The highest BCUT2D eigenvalue weighted by atomic mass is 35.5. The molecule has 0 aliphatic carbocycles. The van der Waals surface area contributed by atoms with Gasteiger partial charge in [0.2, 0.25) is 0 Å². The fourth-order valence-corrected chi connectivity index (χ4v) is 3.79. The highest BCUT2D eigenvalue weighted by Crippen LogP contribution is 2.31. The Morgan fingerprint density at radius 2 is 2.00 bits per heavy atom. The van der Waals surface area contributed by atoms with Crippen LogP contribution in [0.3, 0.4) is 0 Å². The largest absolute Gasteiger partial charge is 0.311 e. The zero-order valence-corrected chi connectivity index (χ0v) is 14.1. The van der Waals surface area contributed by atoms with Gasteiger partial charge in [0.25, 0.3) is 5.69 Å². The first-order chi connectivity index (χ1) is 10.0. The molecule has 0 amide bonds. The van der Waals surface area contributed by atoms with E-state index in [-0.39, 0.29) is 23.1 Å². The molecule has 0 aromatic heterocycles.